The Morgan fingerprint density at radius 2 is 1.95 bits per heavy atom. The van der Waals surface area contributed by atoms with E-state index in [0.29, 0.717) is 12.5 Å². The number of nitrogens with zero attached hydrogens (tertiary/aromatic N) is 1. The predicted molar refractivity (Wildman–Crippen MR) is 82.5 cm³/mol. The first-order chi connectivity index (χ1) is 9.59. The SMILES string of the molecule is CCC1(C(=O)N(C)Cc2ccccc2C)CCNCC1. The third kappa shape index (κ3) is 3.04. The molecular formula is C17H26N2O. The molecule has 110 valence electrons. The summed E-state index contributed by atoms with van der Waals surface area (Å²) >= 11 is 0. The topological polar surface area (TPSA) is 32.3 Å². The number of hydrogen-bond acceptors (Lipinski definition) is 2. The molecule has 3 heteroatoms. The fourth-order valence-electron chi connectivity index (χ4n) is 3.14. The van der Waals surface area contributed by atoms with Gasteiger partial charge in [0.05, 0.1) is 5.41 Å². The Kier molecular flexibility index (Phi) is 4.81. The number of carbonyl (C=O) groups is 1. The maximum atomic E-state index is 12.9. The van der Waals surface area contributed by atoms with Crippen LogP contribution in [0, 0.1) is 12.3 Å². The van der Waals surface area contributed by atoms with E-state index in [1.54, 1.807) is 0 Å². The fraction of sp³-hybridized carbons (Fsp3) is 0.588. The second kappa shape index (κ2) is 6.40. The lowest BCUT2D eigenvalue weighted by Gasteiger charge is -2.38. The van der Waals surface area contributed by atoms with Crippen LogP contribution in [-0.2, 0) is 11.3 Å². The van der Waals surface area contributed by atoms with Gasteiger partial charge in [-0.1, -0.05) is 31.2 Å². The molecule has 1 fully saturated rings. The molecular weight excluding hydrogens is 248 g/mol. The van der Waals surface area contributed by atoms with E-state index in [2.05, 4.69) is 31.3 Å². The van der Waals surface area contributed by atoms with E-state index in [-0.39, 0.29) is 5.41 Å². The molecule has 0 spiro atoms. The van der Waals surface area contributed by atoms with Crippen LogP contribution >= 0.6 is 0 Å². The lowest BCUT2D eigenvalue weighted by molar-refractivity contribution is -0.143. The van der Waals surface area contributed by atoms with Gasteiger partial charge in [0.2, 0.25) is 5.91 Å². The highest BCUT2D eigenvalue weighted by molar-refractivity contribution is 5.82. The number of rotatable bonds is 4. The van der Waals surface area contributed by atoms with Crippen LogP contribution < -0.4 is 5.32 Å². The van der Waals surface area contributed by atoms with E-state index in [4.69, 9.17) is 0 Å². The normalized spacial score (nSPS) is 17.8. The van der Waals surface area contributed by atoms with Crippen molar-refractivity contribution in [2.75, 3.05) is 20.1 Å². The van der Waals surface area contributed by atoms with Crippen molar-refractivity contribution in [3.05, 3.63) is 35.4 Å². The molecule has 0 unspecified atom stereocenters. The molecule has 0 aromatic heterocycles. The first-order valence-electron chi connectivity index (χ1n) is 7.60. The highest BCUT2D eigenvalue weighted by atomic mass is 16.2. The molecule has 20 heavy (non-hydrogen) atoms. The number of nitrogens with one attached hydrogen (secondary N) is 1. The average Bonchev–Trinajstić information content (AvgIpc) is 2.49. The second-order valence-corrected chi connectivity index (χ2v) is 5.97. The van der Waals surface area contributed by atoms with Crippen molar-refractivity contribution in [3.8, 4) is 0 Å². The number of piperidine rings is 1. The molecule has 0 atom stereocenters. The zero-order valence-electron chi connectivity index (χ0n) is 12.9. The van der Waals surface area contributed by atoms with Crippen molar-refractivity contribution < 1.29 is 4.79 Å². The summed E-state index contributed by atoms with van der Waals surface area (Å²) in [5.41, 5.74) is 2.34. The highest BCUT2D eigenvalue weighted by Crippen LogP contribution is 2.34. The Balaban J connectivity index is 2.10. The molecule has 2 rings (SSSR count). The minimum atomic E-state index is -0.150. The van der Waals surface area contributed by atoms with Crippen LogP contribution in [0.3, 0.4) is 0 Å². The Hall–Kier alpha value is -1.35. The van der Waals surface area contributed by atoms with E-state index >= 15 is 0 Å². The van der Waals surface area contributed by atoms with Crippen molar-refractivity contribution in [2.45, 2.75) is 39.7 Å². The van der Waals surface area contributed by atoms with Crippen molar-refractivity contribution in [1.82, 2.24) is 10.2 Å². The van der Waals surface area contributed by atoms with Crippen molar-refractivity contribution in [2.24, 2.45) is 5.41 Å². The molecule has 1 aliphatic heterocycles. The molecule has 1 aromatic carbocycles. The molecule has 0 radical (unpaired) electrons. The lowest BCUT2D eigenvalue weighted by atomic mass is 9.75. The number of hydrogen-bond donors (Lipinski definition) is 1. The summed E-state index contributed by atoms with van der Waals surface area (Å²) in [6.45, 7) is 6.87. The van der Waals surface area contributed by atoms with Crippen LogP contribution in [0.15, 0.2) is 24.3 Å². The van der Waals surface area contributed by atoms with Crippen LogP contribution in [0.1, 0.15) is 37.3 Å². The van der Waals surface area contributed by atoms with Gasteiger partial charge in [-0.3, -0.25) is 4.79 Å². The van der Waals surface area contributed by atoms with Gasteiger partial charge in [0.15, 0.2) is 0 Å². The summed E-state index contributed by atoms with van der Waals surface area (Å²) in [5.74, 6) is 0.310. The second-order valence-electron chi connectivity index (χ2n) is 5.97. The molecule has 0 saturated carbocycles. The predicted octanol–water partition coefficient (Wildman–Crippen LogP) is 2.73. The van der Waals surface area contributed by atoms with Crippen LogP contribution in [-0.4, -0.2) is 30.9 Å². The molecule has 1 amide bonds. The summed E-state index contributed by atoms with van der Waals surface area (Å²) in [4.78, 5) is 14.8. The van der Waals surface area contributed by atoms with E-state index < -0.39 is 0 Å². The summed E-state index contributed by atoms with van der Waals surface area (Å²) in [6.07, 6.45) is 2.85. The van der Waals surface area contributed by atoms with Gasteiger partial charge in [-0.05, 0) is 50.4 Å². The van der Waals surface area contributed by atoms with Crippen molar-refractivity contribution >= 4 is 5.91 Å². The summed E-state index contributed by atoms with van der Waals surface area (Å²) in [7, 11) is 1.94. The first-order valence-corrected chi connectivity index (χ1v) is 7.60. The molecule has 1 aromatic rings. The average molecular weight is 274 g/mol. The molecule has 3 nitrogen and oxygen atoms in total. The highest BCUT2D eigenvalue weighted by Gasteiger charge is 2.39. The Labute approximate surface area is 122 Å². The molecule has 0 bridgehead atoms. The van der Waals surface area contributed by atoms with Crippen LogP contribution in [0.2, 0.25) is 0 Å². The van der Waals surface area contributed by atoms with Gasteiger partial charge in [-0.2, -0.15) is 0 Å². The smallest absolute Gasteiger partial charge is 0.228 e. The standard InChI is InChI=1S/C17H26N2O/c1-4-17(9-11-18-12-10-17)16(20)19(3)13-15-8-6-5-7-14(15)2/h5-8,18H,4,9-13H2,1-3H3. The molecule has 1 N–H and O–H groups in total. The maximum absolute atomic E-state index is 12.9. The molecule has 1 saturated heterocycles. The first kappa shape index (κ1) is 15.0. The number of carbonyl (C=O) groups excluding carboxylic acids is 1. The summed E-state index contributed by atoms with van der Waals surface area (Å²) < 4.78 is 0. The maximum Gasteiger partial charge on any atom is 0.228 e. The van der Waals surface area contributed by atoms with Crippen LogP contribution in [0.25, 0.3) is 0 Å². The third-order valence-electron chi connectivity index (χ3n) is 4.71. The number of aryl methyl sites for hydroxylation is 1. The molecule has 1 aliphatic rings. The summed E-state index contributed by atoms with van der Waals surface area (Å²) in [5, 5.41) is 3.36. The fourth-order valence-corrected chi connectivity index (χ4v) is 3.14. The van der Waals surface area contributed by atoms with Gasteiger partial charge in [0.25, 0.3) is 0 Å². The summed E-state index contributed by atoms with van der Waals surface area (Å²) in [6, 6.07) is 8.30. The van der Waals surface area contributed by atoms with Gasteiger partial charge < -0.3 is 10.2 Å². The third-order valence-corrected chi connectivity index (χ3v) is 4.71. The van der Waals surface area contributed by atoms with Crippen molar-refractivity contribution in [3.63, 3.8) is 0 Å². The zero-order chi connectivity index (χ0) is 14.6. The Morgan fingerprint density at radius 1 is 1.30 bits per heavy atom. The largest absolute Gasteiger partial charge is 0.341 e. The molecule has 0 aliphatic carbocycles. The zero-order valence-corrected chi connectivity index (χ0v) is 12.9. The van der Waals surface area contributed by atoms with Gasteiger partial charge in [0.1, 0.15) is 0 Å². The lowest BCUT2D eigenvalue weighted by Crippen LogP contribution is -2.47. The Bertz CT molecular complexity index is 464. The van der Waals surface area contributed by atoms with E-state index in [1.807, 2.05) is 24.1 Å². The van der Waals surface area contributed by atoms with Gasteiger partial charge >= 0.3 is 0 Å². The van der Waals surface area contributed by atoms with Crippen molar-refractivity contribution in [1.29, 1.82) is 0 Å². The number of benzene rings is 1. The van der Waals surface area contributed by atoms with Crippen LogP contribution in [0.4, 0.5) is 0 Å². The van der Waals surface area contributed by atoms with Gasteiger partial charge in [-0.15, -0.1) is 0 Å². The monoisotopic (exact) mass is 274 g/mol. The van der Waals surface area contributed by atoms with E-state index in [0.717, 1.165) is 32.4 Å². The van der Waals surface area contributed by atoms with Gasteiger partial charge in [-0.25, -0.2) is 0 Å². The minimum Gasteiger partial charge on any atom is -0.341 e. The minimum absolute atomic E-state index is 0.150. The van der Waals surface area contributed by atoms with E-state index in [9.17, 15) is 4.79 Å². The Morgan fingerprint density at radius 3 is 2.55 bits per heavy atom. The van der Waals surface area contributed by atoms with E-state index in [1.165, 1.54) is 11.1 Å². The molecule has 1 heterocycles. The van der Waals surface area contributed by atoms with Gasteiger partial charge in [0, 0.05) is 13.6 Å². The quantitative estimate of drug-likeness (QED) is 0.915. The van der Waals surface area contributed by atoms with Crippen LogP contribution in [0.5, 0.6) is 0 Å². The number of amides is 1.